The van der Waals surface area contributed by atoms with Crippen LogP contribution in [0, 0.1) is 0 Å². The molecule has 0 spiro atoms. The molecular weight excluding hydrogens is 326 g/mol. The molecule has 0 aromatic heterocycles. The number of halogens is 1. The predicted molar refractivity (Wildman–Crippen MR) is 79.4 cm³/mol. The highest BCUT2D eigenvalue weighted by Crippen LogP contribution is 2.39. The molecular formula is C13H16BrN3O3. The summed E-state index contributed by atoms with van der Waals surface area (Å²) in [7, 11) is 3.13. The highest BCUT2D eigenvalue weighted by Gasteiger charge is 2.35. The Balaban J connectivity index is 2.52. The Morgan fingerprint density at radius 3 is 2.50 bits per heavy atom. The number of aliphatic imine (C=N–C) groups is 1. The van der Waals surface area contributed by atoms with E-state index in [0.29, 0.717) is 18.0 Å². The zero-order valence-electron chi connectivity index (χ0n) is 11.5. The van der Waals surface area contributed by atoms with Crippen LogP contribution in [-0.2, 0) is 0 Å². The minimum Gasteiger partial charge on any atom is -0.493 e. The number of carbonyl (C=O) groups excluding carboxylic acids is 1. The lowest BCUT2D eigenvalue weighted by Crippen LogP contribution is -2.33. The van der Waals surface area contributed by atoms with Crippen LogP contribution in [0.5, 0.6) is 11.5 Å². The van der Waals surface area contributed by atoms with Gasteiger partial charge in [0.05, 0.1) is 14.2 Å². The molecule has 1 aliphatic heterocycles. The normalized spacial score (nSPS) is 18.2. The smallest absolute Gasteiger partial charge is 0.346 e. The van der Waals surface area contributed by atoms with Gasteiger partial charge in [0.15, 0.2) is 11.5 Å². The minimum atomic E-state index is -0.387. The molecule has 0 aliphatic carbocycles. The maximum atomic E-state index is 11.8. The summed E-state index contributed by atoms with van der Waals surface area (Å²) in [5.41, 5.74) is 6.71. The summed E-state index contributed by atoms with van der Waals surface area (Å²) >= 11 is 3.48. The number of hydrogen-bond acceptors (Lipinski definition) is 4. The number of rotatable bonds is 4. The maximum absolute atomic E-state index is 11.8. The molecule has 0 saturated heterocycles. The third-order valence-electron chi connectivity index (χ3n) is 3.20. The molecule has 0 saturated carbocycles. The van der Waals surface area contributed by atoms with Gasteiger partial charge in [-0.1, -0.05) is 15.9 Å². The average molecular weight is 342 g/mol. The highest BCUT2D eigenvalue weighted by molar-refractivity contribution is 9.10. The van der Waals surface area contributed by atoms with Gasteiger partial charge < -0.3 is 20.1 Å². The highest BCUT2D eigenvalue weighted by atomic mass is 79.9. The first-order valence-electron chi connectivity index (χ1n) is 6.09. The van der Waals surface area contributed by atoms with E-state index in [1.54, 1.807) is 31.3 Å². The molecule has 1 heterocycles. The van der Waals surface area contributed by atoms with Gasteiger partial charge in [-0.05, 0) is 19.1 Å². The summed E-state index contributed by atoms with van der Waals surface area (Å²) in [6.45, 7) is 2.40. The van der Waals surface area contributed by atoms with Gasteiger partial charge in [-0.15, -0.1) is 0 Å². The zero-order valence-corrected chi connectivity index (χ0v) is 13.1. The number of likely N-dealkylation sites (N-methyl/N-ethyl adjacent to an activating group) is 1. The molecule has 1 aromatic carbocycles. The number of benzene rings is 1. The van der Waals surface area contributed by atoms with E-state index in [4.69, 9.17) is 15.2 Å². The van der Waals surface area contributed by atoms with E-state index in [0.717, 1.165) is 10.0 Å². The lowest BCUT2D eigenvalue weighted by atomic mass is 10.0. The molecule has 108 valence electrons. The topological polar surface area (TPSA) is 77.2 Å². The van der Waals surface area contributed by atoms with Crippen LogP contribution in [0.2, 0.25) is 0 Å². The molecule has 1 aromatic rings. The molecule has 20 heavy (non-hydrogen) atoms. The third kappa shape index (κ3) is 2.33. The Labute approximate surface area is 125 Å². The molecule has 1 atom stereocenters. The summed E-state index contributed by atoms with van der Waals surface area (Å²) in [5.74, 6) is 1.46. The second kappa shape index (κ2) is 5.70. The quantitative estimate of drug-likeness (QED) is 0.911. The molecule has 2 N–H and O–H groups in total. The van der Waals surface area contributed by atoms with Crippen molar-refractivity contribution in [3.8, 4) is 11.5 Å². The van der Waals surface area contributed by atoms with Crippen LogP contribution in [0.15, 0.2) is 21.6 Å². The summed E-state index contributed by atoms with van der Waals surface area (Å²) in [4.78, 5) is 17.2. The van der Waals surface area contributed by atoms with Crippen molar-refractivity contribution in [2.45, 2.75) is 13.0 Å². The van der Waals surface area contributed by atoms with Crippen LogP contribution in [0.3, 0.4) is 0 Å². The van der Waals surface area contributed by atoms with Gasteiger partial charge in [-0.3, -0.25) is 0 Å². The molecule has 0 bridgehead atoms. The average Bonchev–Trinajstić information content (AvgIpc) is 2.72. The lowest BCUT2D eigenvalue weighted by molar-refractivity contribution is 0.209. The molecule has 2 rings (SSSR count). The fourth-order valence-corrected chi connectivity index (χ4v) is 2.77. The summed E-state index contributed by atoms with van der Waals surface area (Å²) in [5, 5.41) is 0. The first-order valence-corrected chi connectivity index (χ1v) is 6.88. The predicted octanol–water partition coefficient (Wildman–Crippen LogP) is 2.32. The summed E-state index contributed by atoms with van der Waals surface area (Å²) < 4.78 is 11.3. The van der Waals surface area contributed by atoms with Crippen molar-refractivity contribution in [1.82, 2.24) is 4.90 Å². The molecule has 7 heteroatoms. The first-order chi connectivity index (χ1) is 9.53. The number of hydrogen-bond donors (Lipinski definition) is 1. The third-order valence-corrected chi connectivity index (χ3v) is 3.89. The van der Waals surface area contributed by atoms with Crippen LogP contribution in [0.4, 0.5) is 4.79 Å². The Morgan fingerprint density at radius 1 is 1.35 bits per heavy atom. The van der Waals surface area contributed by atoms with Crippen molar-refractivity contribution in [1.29, 1.82) is 0 Å². The monoisotopic (exact) mass is 341 g/mol. The van der Waals surface area contributed by atoms with Gasteiger partial charge in [-0.2, -0.15) is 4.99 Å². The van der Waals surface area contributed by atoms with E-state index >= 15 is 0 Å². The number of amidine groups is 1. The van der Waals surface area contributed by atoms with Gasteiger partial charge >= 0.3 is 6.03 Å². The molecule has 1 unspecified atom stereocenters. The van der Waals surface area contributed by atoms with Gasteiger partial charge in [0.1, 0.15) is 11.9 Å². The summed E-state index contributed by atoms with van der Waals surface area (Å²) in [6.07, 6.45) is 0. The molecule has 0 fully saturated rings. The fraction of sp³-hybridized carbons (Fsp3) is 0.385. The van der Waals surface area contributed by atoms with Crippen LogP contribution >= 0.6 is 15.9 Å². The minimum absolute atomic E-state index is 0.282. The van der Waals surface area contributed by atoms with E-state index in [1.165, 1.54) is 0 Å². The van der Waals surface area contributed by atoms with E-state index in [9.17, 15) is 4.79 Å². The SMILES string of the molecule is CCN1C(=O)N=C(N)C1c1cc(OC)c(OC)cc1Br. The lowest BCUT2D eigenvalue weighted by Gasteiger charge is -2.24. The molecule has 2 amide bonds. The van der Waals surface area contributed by atoms with E-state index in [-0.39, 0.29) is 17.9 Å². The second-order valence-electron chi connectivity index (χ2n) is 4.24. The fourth-order valence-electron chi connectivity index (χ4n) is 2.23. The second-order valence-corrected chi connectivity index (χ2v) is 5.09. The Morgan fingerprint density at radius 2 is 1.95 bits per heavy atom. The number of carbonyl (C=O) groups is 1. The van der Waals surface area contributed by atoms with Crippen LogP contribution < -0.4 is 15.2 Å². The van der Waals surface area contributed by atoms with Crippen molar-refractivity contribution >= 4 is 27.8 Å². The van der Waals surface area contributed by atoms with Crippen molar-refractivity contribution in [2.24, 2.45) is 10.7 Å². The van der Waals surface area contributed by atoms with E-state index in [2.05, 4.69) is 20.9 Å². The largest absolute Gasteiger partial charge is 0.493 e. The zero-order chi connectivity index (χ0) is 14.9. The Bertz CT molecular complexity index is 574. The number of ether oxygens (including phenoxy) is 2. The Kier molecular flexibility index (Phi) is 4.17. The maximum Gasteiger partial charge on any atom is 0.346 e. The van der Waals surface area contributed by atoms with Crippen LogP contribution in [-0.4, -0.2) is 37.5 Å². The van der Waals surface area contributed by atoms with Crippen molar-refractivity contribution in [3.05, 3.63) is 22.2 Å². The number of nitrogens with two attached hydrogens (primary N) is 1. The van der Waals surface area contributed by atoms with Crippen LogP contribution in [0.1, 0.15) is 18.5 Å². The van der Waals surface area contributed by atoms with Gasteiger partial charge in [0.25, 0.3) is 0 Å². The Hall–Kier alpha value is -1.76. The van der Waals surface area contributed by atoms with Gasteiger partial charge in [-0.25, -0.2) is 4.79 Å². The van der Waals surface area contributed by atoms with Crippen LogP contribution in [0.25, 0.3) is 0 Å². The number of urea groups is 1. The first kappa shape index (κ1) is 14.6. The van der Waals surface area contributed by atoms with E-state index < -0.39 is 0 Å². The molecule has 0 radical (unpaired) electrons. The number of amides is 2. The number of nitrogens with zero attached hydrogens (tertiary/aromatic N) is 2. The van der Waals surface area contributed by atoms with Crippen molar-refractivity contribution in [3.63, 3.8) is 0 Å². The standard InChI is InChI=1S/C13H16BrN3O3/c1-4-17-11(12(15)16-13(17)18)7-5-9(19-2)10(20-3)6-8(7)14/h5-6,11H,4H2,1-3H3,(H2,15,16,18). The molecule has 1 aliphatic rings. The molecule has 6 nitrogen and oxygen atoms in total. The van der Waals surface area contributed by atoms with Gasteiger partial charge in [0, 0.05) is 16.6 Å². The van der Waals surface area contributed by atoms with E-state index in [1.807, 2.05) is 6.92 Å². The van der Waals surface area contributed by atoms with Crippen molar-refractivity contribution in [2.75, 3.05) is 20.8 Å². The van der Waals surface area contributed by atoms with Gasteiger partial charge in [0.2, 0.25) is 0 Å². The number of methoxy groups -OCH3 is 2. The van der Waals surface area contributed by atoms with Crippen molar-refractivity contribution < 1.29 is 14.3 Å². The summed E-state index contributed by atoms with van der Waals surface area (Å²) in [6, 6.07) is 2.88.